The van der Waals surface area contributed by atoms with E-state index in [-0.39, 0.29) is 19.0 Å². The van der Waals surface area contributed by atoms with E-state index in [2.05, 4.69) is 15.4 Å². The van der Waals surface area contributed by atoms with Gasteiger partial charge < -0.3 is 15.3 Å². The van der Waals surface area contributed by atoms with Crippen molar-refractivity contribution < 1.29 is 14.7 Å². The lowest BCUT2D eigenvalue weighted by molar-refractivity contribution is -0.137. The smallest absolute Gasteiger partial charge is 0.317 e. The number of rotatable bonds is 7. The number of aromatic nitrogens is 3. The van der Waals surface area contributed by atoms with E-state index in [1.54, 1.807) is 18.1 Å². The van der Waals surface area contributed by atoms with Crippen LogP contribution in [0.1, 0.15) is 19.2 Å². The van der Waals surface area contributed by atoms with Gasteiger partial charge in [-0.05, 0) is 6.92 Å². The van der Waals surface area contributed by atoms with Gasteiger partial charge in [0.1, 0.15) is 6.33 Å². The number of hydrogen-bond donors (Lipinski definition) is 2. The van der Waals surface area contributed by atoms with Gasteiger partial charge in [0, 0.05) is 33.1 Å². The number of carbonyl (C=O) groups excluding carboxylic acids is 1. The summed E-state index contributed by atoms with van der Waals surface area (Å²) in [7, 11) is 1.78. The first-order valence-corrected chi connectivity index (χ1v) is 6.12. The Hall–Kier alpha value is -2.12. The number of carbonyl (C=O) groups is 2. The molecule has 0 radical (unpaired) electrons. The van der Waals surface area contributed by atoms with Crippen LogP contribution in [0, 0.1) is 0 Å². The van der Waals surface area contributed by atoms with E-state index < -0.39 is 5.97 Å². The Labute approximate surface area is 111 Å². The molecule has 106 valence electrons. The second-order valence-corrected chi connectivity index (χ2v) is 4.04. The molecule has 0 unspecified atom stereocenters. The number of aryl methyl sites for hydroxylation is 1. The van der Waals surface area contributed by atoms with Crippen LogP contribution in [0.3, 0.4) is 0 Å². The summed E-state index contributed by atoms with van der Waals surface area (Å²) in [6.45, 7) is 2.91. The minimum absolute atomic E-state index is 0.0525. The van der Waals surface area contributed by atoms with E-state index in [1.807, 2.05) is 6.92 Å². The Bertz CT molecular complexity index is 432. The van der Waals surface area contributed by atoms with Crippen LogP contribution < -0.4 is 5.32 Å². The lowest BCUT2D eigenvalue weighted by atomic mass is 10.4. The zero-order valence-electron chi connectivity index (χ0n) is 11.2. The average Bonchev–Trinajstić information content (AvgIpc) is 2.75. The molecular formula is C11H19N5O3. The molecular weight excluding hydrogens is 250 g/mol. The largest absolute Gasteiger partial charge is 0.481 e. The molecule has 19 heavy (non-hydrogen) atoms. The fourth-order valence-electron chi connectivity index (χ4n) is 1.53. The number of nitrogens with zero attached hydrogens (tertiary/aromatic N) is 4. The topological polar surface area (TPSA) is 100 Å². The molecule has 0 saturated heterocycles. The van der Waals surface area contributed by atoms with Crippen molar-refractivity contribution in [1.82, 2.24) is 25.0 Å². The van der Waals surface area contributed by atoms with Crippen molar-refractivity contribution in [2.45, 2.75) is 19.8 Å². The maximum Gasteiger partial charge on any atom is 0.317 e. The van der Waals surface area contributed by atoms with Gasteiger partial charge >= 0.3 is 12.0 Å². The predicted molar refractivity (Wildman–Crippen MR) is 67.6 cm³/mol. The van der Waals surface area contributed by atoms with Gasteiger partial charge in [0.2, 0.25) is 0 Å². The quantitative estimate of drug-likeness (QED) is 0.717. The molecule has 0 spiro atoms. The molecule has 1 heterocycles. The minimum atomic E-state index is -0.913. The molecule has 1 rings (SSSR count). The number of urea groups is 1. The number of aliphatic carboxylic acids is 1. The molecule has 1 aromatic rings. The van der Waals surface area contributed by atoms with Gasteiger partial charge in [0.05, 0.1) is 6.42 Å². The van der Waals surface area contributed by atoms with Crippen molar-refractivity contribution in [3.8, 4) is 0 Å². The third-order valence-corrected chi connectivity index (χ3v) is 2.54. The number of hydrogen-bond acceptors (Lipinski definition) is 4. The Morgan fingerprint density at radius 1 is 1.53 bits per heavy atom. The van der Waals surface area contributed by atoms with Crippen LogP contribution >= 0.6 is 0 Å². The fraction of sp³-hybridized carbons (Fsp3) is 0.636. The number of nitrogens with one attached hydrogen (secondary N) is 1. The van der Waals surface area contributed by atoms with Crippen LogP contribution in [0.4, 0.5) is 4.79 Å². The summed E-state index contributed by atoms with van der Waals surface area (Å²) in [4.78, 5) is 27.7. The summed E-state index contributed by atoms with van der Waals surface area (Å²) in [6.07, 6.45) is 2.09. The van der Waals surface area contributed by atoms with Gasteiger partial charge in [-0.25, -0.2) is 9.78 Å². The van der Waals surface area contributed by atoms with E-state index in [9.17, 15) is 9.59 Å². The Morgan fingerprint density at radius 3 is 2.79 bits per heavy atom. The highest BCUT2D eigenvalue weighted by Gasteiger charge is 2.12. The highest BCUT2D eigenvalue weighted by Crippen LogP contribution is 1.94. The van der Waals surface area contributed by atoms with E-state index in [1.165, 1.54) is 4.90 Å². The van der Waals surface area contributed by atoms with Crippen molar-refractivity contribution in [3.05, 3.63) is 12.2 Å². The van der Waals surface area contributed by atoms with Crippen LogP contribution in [-0.4, -0.2) is 56.4 Å². The lowest BCUT2D eigenvalue weighted by Crippen LogP contribution is -2.41. The van der Waals surface area contributed by atoms with Crippen LogP contribution in [0.5, 0.6) is 0 Å². The third kappa shape index (κ3) is 5.36. The average molecular weight is 269 g/mol. The molecule has 8 heteroatoms. The molecule has 0 aliphatic carbocycles. The van der Waals surface area contributed by atoms with E-state index in [4.69, 9.17) is 5.11 Å². The molecule has 0 aliphatic rings. The summed E-state index contributed by atoms with van der Waals surface area (Å²) in [5, 5.41) is 15.4. The monoisotopic (exact) mass is 269 g/mol. The Morgan fingerprint density at radius 2 is 2.26 bits per heavy atom. The van der Waals surface area contributed by atoms with Crippen molar-refractivity contribution in [3.63, 3.8) is 0 Å². The Balaban J connectivity index is 2.30. The van der Waals surface area contributed by atoms with Gasteiger partial charge in [0.25, 0.3) is 0 Å². The van der Waals surface area contributed by atoms with Crippen LogP contribution in [0.25, 0.3) is 0 Å². The number of amides is 2. The first-order valence-electron chi connectivity index (χ1n) is 6.12. The SMILES string of the molecule is CCN(CCC(=O)O)C(=O)NCCc1ncn(C)n1. The summed E-state index contributed by atoms with van der Waals surface area (Å²) in [6, 6.07) is -0.264. The highest BCUT2D eigenvalue weighted by molar-refractivity contribution is 5.75. The van der Waals surface area contributed by atoms with E-state index in [0.717, 1.165) is 0 Å². The lowest BCUT2D eigenvalue weighted by Gasteiger charge is -2.20. The Kier molecular flexibility index (Phi) is 5.77. The second kappa shape index (κ2) is 7.34. The zero-order chi connectivity index (χ0) is 14.3. The standard InChI is InChI=1S/C11H19N5O3/c1-3-16(7-5-10(17)18)11(19)12-6-4-9-13-8-15(2)14-9/h8H,3-7H2,1-2H3,(H,12,19)(H,17,18). The van der Waals surface area contributed by atoms with Crippen LogP contribution in [0.2, 0.25) is 0 Å². The molecule has 2 N–H and O–H groups in total. The maximum absolute atomic E-state index is 11.8. The molecule has 0 aliphatic heterocycles. The van der Waals surface area contributed by atoms with Crippen LogP contribution in [0.15, 0.2) is 6.33 Å². The molecule has 8 nitrogen and oxygen atoms in total. The normalized spacial score (nSPS) is 10.2. The summed E-state index contributed by atoms with van der Waals surface area (Å²) >= 11 is 0. The first kappa shape index (κ1) is 14.9. The van der Waals surface area contributed by atoms with Crippen LogP contribution in [-0.2, 0) is 18.3 Å². The molecule has 2 amide bonds. The summed E-state index contributed by atoms with van der Waals surface area (Å²) in [5.41, 5.74) is 0. The van der Waals surface area contributed by atoms with E-state index >= 15 is 0 Å². The third-order valence-electron chi connectivity index (χ3n) is 2.54. The van der Waals surface area contributed by atoms with Gasteiger partial charge in [-0.1, -0.05) is 0 Å². The minimum Gasteiger partial charge on any atom is -0.481 e. The molecule has 1 aromatic heterocycles. The van der Waals surface area contributed by atoms with Crippen molar-refractivity contribution in [1.29, 1.82) is 0 Å². The fourth-order valence-corrected chi connectivity index (χ4v) is 1.53. The molecule has 0 saturated carbocycles. The summed E-state index contributed by atoms with van der Waals surface area (Å²) in [5.74, 6) is -0.250. The predicted octanol–water partition coefficient (Wildman–Crippen LogP) is -0.136. The van der Waals surface area contributed by atoms with Crippen molar-refractivity contribution in [2.75, 3.05) is 19.6 Å². The van der Waals surface area contributed by atoms with Gasteiger partial charge in [-0.3, -0.25) is 9.48 Å². The van der Waals surface area contributed by atoms with Gasteiger partial charge in [-0.2, -0.15) is 5.10 Å². The molecule has 0 aromatic carbocycles. The van der Waals surface area contributed by atoms with Crippen molar-refractivity contribution in [2.24, 2.45) is 7.05 Å². The number of carboxylic acid groups (broad SMARTS) is 1. The van der Waals surface area contributed by atoms with Gasteiger partial charge in [-0.15, -0.1) is 0 Å². The van der Waals surface area contributed by atoms with E-state index in [0.29, 0.717) is 25.3 Å². The first-order chi connectivity index (χ1) is 9.02. The van der Waals surface area contributed by atoms with Gasteiger partial charge in [0.15, 0.2) is 5.82 Å². The molecule has 0 bridgehead atoms. The summed E-state index contributed by atoms with van der Waals surface area (Å²) < 4.78 is 1.60. The second-order valence-electron chi connectivity index (χ2n) is 4.04. The van der Waals surface area contributed by atoms with Crippen molar-refractivity contribution >= 4 is 12.0 Å². The number of carboxylic acids is 1. The highest BCUT2D eigenvalue weighted by atomic mass is 16.4. The maximum atomic E-state index is 11.8. The molecule has 0 atom stereocenters. The zero-order valence-corrected chi connectivity index (χ0v) is 11.2. The molecule has 0 fully saturated rings.